The number of aromatic nitrogens is 2. The van der Waals surface area contributed by atoms with E-state index in [4.69, 9.17) is 5.73 Å². The molecule has 156 valence electrons. The van der Waals surface area contributed by atoms with Gasteiger partial charge in [-0.15, -0.1) is 11.3 Å². The molecular weight excluding hydrogens is 406 g/mol. The third-order valence-corrected chi connectivity index (χ3v) is 6.06. The monoisotopic (exact) mass is 427 g/mol. The summed E-state index contributed by atoms with van der Waals surface area (Å²) < 4.78 is 1.57. The molecule has 2 heterocycles. The summed E-state index contributed by atoms with van der Waals surface area (Å²) in [6.07, 6.45) is 0. The number of carbonyl (C=O) groups is 2. The van der Waals surface area contributed by atoms with Gasteiger partial charge < -0.3 is 11.1 Å². The van der Waals surface area contributed by atoms with E-state index in [1.165, 1.54) is 11.3 Å². The van der Waals surface area contributed by atoms with Gasteiger partial charge >= 0.3 is 5.69 Å². The summed E-state index contributed by atoms with van der Waals surface area (Å²) in [4.78, 5) is 35.9. The molecule has 2 aromatic heterocycles. The fourth-order valence-corrected chi connectivity index (χ4v) is 4.29. The molecule has 0 aliphatic carbocycles. The van der Waals surface area contributed by atoms with Crippen molar-refractivity contribution in [3.8, 4) is 0 Å². The number of nitrogens with one attached hydrogen (secondary N) is 1. The van der Waals surface area contributed by atoms with E-state index in [0.717, 1.165) is 16.0 Å². The molecule has 3 N–H and O–H groups in total. The molecule has 0 aliphatic rings. The summed E-state index contributed by atoms with van der Waals surface area (Å²) >= 11 is 1.31. The van der Waals surface area contributed by atoms with Crippen LogP contribution in [0.4, 0.5) is 10.7 Å². The van der Waals surface area contributed by atoms with Crippen LogP contribution in [0, 0.1) is 37.8 Å². The van der Waals surface area contributed by atoms with Crippen LogP contribution in [0.25, 0.3) is 0 Å². The first-order valence-corrected chi connectivity index (χ1v) is 9.90. The Labute approximate surface area is 176 Å². The van der Waals surface area contributed by atoms with E-state index >= 15 is 0 Å². The van der Waals surface area contributed by atoms with Gasteiger partial charge in [-0.3, -0.25) is 24.4 Å². The summed E-state index contributed by atoms with van der Waals surface area (Å²) in [5.41, 5.74) is 8.64. The Bertz CT molecular complexity index is 1160. The summed E-state index contributed by atoms with van der Waals surface area (Å²) in [7, 11) is 0. The predicted octanol–water partition coefficient (Wildman–Crippen LogP) is 3.49. The van der Waals surface area contributed by atoms with Crippen molar-refractivity contribution in [3.63, 3.8) is 0 Å². The van der Waals surface area contributed by atoms with Gasteiger partial charge in [-0.2, -0.15) is 5.10 Å². The van der Waals surface area contributed by atoms with Crippen molar-refractivity contribution in [2.75, 3.05) is 5.32 Å². The third-order valence-electron chi connectivity index (χ3n) is 4.93. The average molecular weight is 427 g/mol. The minimum atomic E-state index is -0.582. The van der Waals surface area contributed by atoms with Crippen molar-refractivity contribution >= 4 is 33.8 Å². The van der Waals surface area contributed by atoms with Crippen LogP contribution in [0.3, 0.4) is 0 Å². The van der Waals surface area contributed by atoms with Crippen molar-refractivity contribution in [1.29, 1.82) is 0 Å². The van der Waals surface area contributed by atoms with Crippen LogP contribution in [0.2, 0.25) is 0 Å². The lowest BCUT2D eigenvalue weighted by Crippen LogP contribution is -2.17. The van der Waals surface area contributed by atoms with Gasteiger partial charge in [0.1, 0.15) is 16.4 Å². The molecule has 0 bridgehead atoms. The molecule has 3 aromatic rings. The Hall–Kier alpha value is -3.53. The van der Waals surface area contributed by atoms with Crippen molar-refractivity contribution in [2.45, 2.75) is 34.2 Å². The van der Waals surface area contributed by atoms with Gasteiger partial charge in [0.15, 0.2) is 0 Å². The number of primary amides is 1. The van der Waals surface area contributed by atoms with E-state index in [0.29, 0.717) is 34.1 Å². The maximum atomic E-state index is 12.6. The smallest absolute Gasteiger partial charge is 0.312 e. The van der Waals surface area contributed by atoms with Crippen LogP contribution in [0.5, 0.6) is 0 Å². The minimum Gasteiger partial charge on any atom is -0.365 e. The zero-order valence-electron chi connectivity index (χ0n) is 17.0. The number of aryl methyl sites for hydroxylation is 2. The van der Waals surface area contributed by atoms with E-state index in [-0.39, 0.29) is 11.6 Å². The Kier molecular flexibility index (Phi) is 5.70. The molecule has 0 radical (unpaired) electrons. The van der Waals surface area contributed by atoms with Gasteiger partial charge in [0, 0.05) is 10.4 Å². The van der Waals surface area contributed by atoms with Gasteiger partial charge in [0.2, 0.25) is 0 Å². The molecule has 1 aromatic carbocycles. The number of anilines is 1. The van der Waals surface area contributed by atoms with E-state index in [9.17, 15) is 19.7 Å². The summed E-state index contributed by atoms with van der Waals surface area (Å²) in [5, 5.41) is 18.6. The molecule has 10 heteroatoms. The highest BCUT2D eigenvalue weighted by Gasteiger charge is 2.22. The third kappa shape index (κ3) is 3.94. The molecule has 0 saturated heterocycles. The Morgan fingerprint density at radius 2 is 1.83 bits per heavy atom. The summed E-state index contributed by atoms with van der Waals surface area (Å²) in [6, 6.07) is 6.83. The normalized spacial score (nSPS) is 10.8. The van der Waals surface area contributed by atoms with Crippen molar-refractivity contribution in [3.05, 3.63) is 72.9 Å². The molecule has 0 aliphatic heterocycles. The number of amides is 2. The first kappa shape index (κ1) is 21.2. The molecule has 0 unspecified atom stereocenters. The highest BCUT2D eigenvalue weighted by molar-refractivity contribution is 7.16. The van der Waals surface area contributed by atoms with Gasteiger partial charge in [0.25, 0.3) is 11.8 Å². The maximum Gasteiger partial charge on any atom is 0.312 e. The zero-order valence-corrected chi connectivity index (χ0v) is 17.8. The average Bonchev–Trinajstić information content (AvgIpc) is 3.10. The summed E-state index contributed by atoms with van der Waals surface area (Å²) in [5.74, 6) is -0.937. The number of rotatable bonds is 6. The second kappa shape index (κ2) is 8.07. The summed E-state index contributed by atoms with van der Waals surface area (Å²) in [6.45, 7) is 7.25. The van der Waals surface area contributed by atoms with Crippen molar-refractivity contribution < 1.29 is 14.5 Å². The fourth-order valence-electron chi connectivity index (χ4n) is 3.23. The standard InChI is InChI=1S/C20H21N5O4S/c1-10-13(4)30-20(16(10)18(21)26)22-19(27)15-7-5-14(6-8-15)9-24-12(3)17(25(28)29)11(2)23-24/h5-8H,9H2,1-4H3,(H2,21,26)(H,22,27). The Balaban J connectivity index is 1.78. The number of hydrogen-bond donors (Lipinski definition) is 2. The van der Waals surface area contributed by atoms with Gasteiger partial charge in [0.05, 0.1) is 17.0 Å². The second-order valence-corrected chi connectivity index (χ2v) is 8.16. The molecule has 0 saturated carbocycles. The van der Waals surface area contributed by atoms with Crippen LogP contribution in [0.15, 0.2) is 24.3 Å². The number of nitro groups is 1. The van der Waals surface area contributed by atoms with Crippen LogP contribution in [-0.2, 0) is 6.54 Å². The van der Waals surface area contributed by atoms with E-state index in [1.54, 1.807) is 49.7 Å². The van der Waals surface area contributed by atoms with Crippen molar-refractivity contribution in [1.82, 2.24) is 9.78 Å². The highest BCUT2D eigenvalue weighted by atomic mass is 32.1. The lowest BCUT2D eigenvalue weighted by atomic mass is 10.1. The quantitative estimate of drug-likeness (QED) is 0.459. The fraction of sp³-hybridized carbons (Fsp3) is 0.250. The van der Waals surface area contributed by atoms with Crippen LogP contribution in [-0.4, -0.2) is 26.5 Å². The van der Waals surface area contributed by atoms with Gasteiger partial charge in [-0.1, -0.05) is 12.1 Å². The number of nitrogens with two attached hydrogens (primary N) is 1. The molecule has 2 amide bonds. The van der Waals surface area contributed by atoms with Gasteiger partial charge in [-0.05, 0) is 51.0 Å². The maximum absolute atomic E-state index is 12.6. The minimum absolute atomic E-state index is 0.0118. The highest BCUT2D eigenvalue weighted by Crippen LogP contribution is 2.32. The lowest BCUT2D eigenvalue weighted by Gasteiger charge is -2.07. The van der Waals surface area contributed by atoms with Crippen LogP contribution in [0.1, 0.15) is 48.1 Å². The number of benzene rings is 1. The lowest BCUT2D eigenvalue weighted by molar-refractivity contribution is -0.386. The number of nitrogens with zero attached hydrogens (tertiary/aromatic N) is 3. The first-order chi connectivity index (χ1) is 14.1. The molecule has 9 nitrogen and oxygen atoms in total. The first-order valence-electron chi connectivity index (χ1n) is 9.08. The number of hydrogen-bond acceptors (Lipinski definition) is 6. The zero-order chi connectivity index (χ0) is 22.2. The van der Waals surface area contributed by atoms with E-state index in [1.807, 2.05) is 6.92 Å². The Morgan fingerprint density at radius 3 is 2.37 bits per heavy atom. The van der Waals surface area contributed by atoms with Crippen molar-refractivity contribution in [2.24, 2.45) is 5.73 Å². The Morgan fingerprint density at radius 1 is 1.20 bits per heavy atom. The SMILES string of the molecule is Cc1nn(Cc2ccc(C(=O)Nc3sc(C)c(C)c3C(N)=O)cc2)c(C)c1[N+](=O)[O-]. The van der Waals surface area contributed by atoms with Crippen LogP contribution < -0.4 is 11.1 Å². The molecule has 0 atom stereocenters. The molecular formula is C20H21N5O4S. The van der Waals surface area contributed by atoms with Gasteiger partial charge in [-0.25, -0.2) is 0 Å². The molecule has 30 heavy (non-hydrogen) atoms. The molecule has 3 rings (SSSR count). The van der Waals surface area contributed by atoms with E-state index in [2.05, 4.69) is 10.4 Å². The second-order valence-electron chi connectivity index (χ2n) is 6.94. The number of thiophene rings is 1. The molecule has 0 spiro atoms. The van der Waals surface area contributed by atoms with Crippen LogP contribution >= 0.6 is 11.3 Å². The number of carbonyl (C=O) groups excluding carboxylic acids is 2. The largest absolute Gasteiger partial charge is 0.365 e. The predicted molar refractivity (Wildman–Crippen MR) is 114 cm³/mol. The van der Waals surface area contributed by atoms with E-state index < -0.39 is 10.8 Å². The topological polar surface area (TPSA) is 133 Å². The molecule has 0 fully saturated rings.